The van der Waals surface area contributed by atoms with Gasteiger partial charge in [-0.1, -0.05) is 11.6 Å². The molecule has 1 N–H and O–H groups in total. The van der Waals surface area contributed by atoms with E-state index >= 15 is 0 Å². The van der Waals surface area contributed by atoms with Crippen molar-refractivity contribution in [1.82, 2.24) is 4.98 Å². The Hall–Kier alpha value is -1.89. The van der Waals surface area contributed by atoms with Gasteiger partial charge in [-0.15, -0.1) is 0 Å². The van der Waals surface area contributed by atoms with Gasteiger partial charge in [-0.25, -0.2) is 4.98 Å². The van der Waals surface area contributed by atoms with Crippen LogP contribution in [0.5, 0.6) is 0 Å². The maximum Gasteiger partial charge on any atom is 0.310 e. The number of esters is 1. The Morgan fingerprint density at radius 1 is 1.48 bits per heavy atom. The molecule has 1 saturated carbocycles. The third-order valence-corrected chi connectivity index (χ3v) is 3.87. The van der Waals surface area contributed by atoms with E-state index in [1.54, 1.807) is 0 Å². The molecular formula is C13H16ClN3O4. The first kappa shape index (κ1) is 15.5. The van der Waals surface area contributed by atoms with Gasteiger partial charge in [0.05, 0.1) is 18.0 Å². The third kappa shape index (κ3) is 3.81. The van der Waals surface area contributed by atoms with Gasteiger partial charge in [-0.05, 0) is 25.7 Å². The van der Waals surface area contributed by atoms with E-state index in [-0.39, 0.29) is 28.8 Å². The Balaban J connectivity index is 2.02. The summed E-state index contributed by atoms with van der Waals surface area (Å²) in [5.41, 5.74) is 0.260. The van der Waals surface area contributed by atoms with E-state index in [1.165, 1.54) is 13.2 Å². The van der Waals surface area contributed by atoms with Crippen molar-refractivity contribution in [2.24, 2.45) is 5.92 Å². The summed E-state index contributed by atoms with van der Waals surface area (Å²) in [7, 11) is 1.38. The second kappa shape index (κ2) is 6.71. The number of ether oxygens (including phenoxy) is 1. The first-order chi connectivity index (χ1) is 10.0. The Kier molecular flexibility index (Phi) is 4.95. The number of hydrogen-bond donors (Lipinski definition) is 1. The minimum Gasteiger partial charge on any atom is -0.469 e. The van der Waals surface area contributed by atoms with Gasteiger partial charge in [0, 0.05) is 12.1 Å². The molecular weight excluding hydrogens is 298 g/mol. The van der Waals surface area contributed by atoms with E-state index in [0.29, 0.717) is 18.5 Å². The fraction of sp³-hybridized carbons (Fsp3) is 0.538. The number of rotatable bonds is 4. The average molecular weight is 314 g/mol. The Bertz CT molecular complexity index is 544. The molecule has 1 aromatic heterocycles. The highest BCUT2D eigenvalue weighted by Gasteiger charge is 2.28. The highest BCUT2D eigenvalue weighted by Crippen LogP contribution is 2.31. The van der Waals surface area contributed by atoms with Crippen molar-refractivity contribution in [3.05, 3.63) is 27.5 Å². The van der Waals surface area contributed by atoms with Crippen LogP contribution in [-0.2, 0) is 9.53 Å². The summed E-state index contributed by atoms with van der Waals surface area (Å²) in [4.78, 5) is 25.7. The number of anilines is 1. The Morgan fingerprint density at radius 2 is 2.14 bits per heavy atom. The van der Waals surface area contributed by atoms with Crippen LogP contribution in [0.25, 0.3) is 0 Å². The molecule has 0 amide bonds. The zero-order chi connectivity index (χ0) is 15.4. The zero-order valence-corrected chi connectivity index (χ0v) is 12.3. The summed E-state index contributed by atoms with van der Waals surface area (Å²) >= 11 is 5.79. The Labute approximate surface area is 126 Å². The largest absolute Gasteiger partial charge is 0.469 e. The standard InChI is InChI=1S/C13H16ClN3O4/c1-21-13(18)8-2-4-9(5-3-8)16-10-6-12(14)15-7-11(10)17(19)20/h6-9H,2-5H2,1H3,(H,15,16)/t8-,9+. The number of halogens is 1. The summed E-state index contributed by atoms with van der Waals surface area (Å²) in [6.07, 6.45) is 4.05. The number of carbonyl (C=O) groups excluding carboxylic acids is 1. The first-order valence-electron chi connectivity index (χ1n) is 6.65. The molecule has 0 unspecified atom stereocenters. The van der Waals surface area contributed by atoms with Gasteiger partial charge >= 0.3 is 11.7 Å². The quantitative estimate of drug-likeness (QED) is 0.397. The van der Waals surface area contributed by atoms with Crippen LogP contribution in [0.4, 0.5) is 11.4 Å². The number of nitro groups is 1. The molecule has 0 saturated heterocycles. The molecule has 1 aromatic rings. The highest BCUT2D eigenvalue weighted by molar-refractivity contribution is 6.29. The van der Waals surface area contributed by atoms with Crippen LogP contribution in [0.1, 0.15) is 25.7 Å². The zero-order valence-electron chi connectivity index (χ0n) is 11.5. The van der Waals surface area contributed by atoms with Crippen molar-refractivity contribution in [2.45, 2.75) is 31.7 Å². The molecule has 0 atom stereocenters. The number of aromatic nitrogens is 1. The number of carbonyl (C=O) groups is 1. The minimum atomic E-state index is -0.494. The average Bonchev–Trinajstić information content (AvgIpc) is 2.47. The van der Waals surface area contributed by atoms with E-state index in [9.17, 15) is 14.9 Å². The molecule has 7 nitrogen and oxygen atoms in total. The molecule has 1 aliphatic rings. The topological polar surface area (TPSA) is 94.4 Å². The lowest BCUT2D eigenvalue weighted by molar-refractivity contribution is -0.384. The molecule has 0 bridgehead atoms. The summed E-state index contributed by atoms with van der Waals surface area (Å²) in [5.74, 6) is -0.268. The minimum absolute atomic E-state index is 0.0723. The van der Waals surface area contributed by atoms with Crippen molar-refractivity contribution in [3.63, 3.8) is 0 Å². The van der Waals surface area contributed by atoms with Crippen molar-refractivity contribution >= 4 is 28.9 Å². The molecule has 0 radical (unpaired) electrons. The van der Waals surface area contributed by atoms with Crippen molar-refractivity contribution in [3.8, 4) is 0 Å². The maximum absolute atomic E-state index is 11.5. The van der Waals surface area contributed by atoms with E-state index in [4.69, 9.17) is 16.3 Å². The summed E-state index contributed by atoms with van der Waals surface area (Å²) in [5, 5.41) is 14.3. The summed E-state index contributed by atoms with van der Waals surface area (Å²) in [6.45, 7) is 0. The predicted octanol–water partition coefficient (Wildman–Crippen LogP) is 2.79. The van der Waals surface area contributed by atoms with Gasteiger partial charge in [0.2, 0.25) is 0 Å². The molecule has 114 valence electrons. The molecule has 0 aliphatic heterocycles. The number of hydrogen-bond acceptors (Lipinski definition) is 6. The Morgan fingerprint density at radius 3 is 2.71 bits per heavy atom. The molecule has 1 fully saturated rings. The van der Waals surface area contributed by atoms with E-state index in [2.05, 4.69) is 10.3 Å². The van der Waals surface area contributed by atoms with E-state index < -0.39 is 4.92 Å². The lowest BCUT2D eigenvalue weighted by atomic mass is 9.86. The lowest BCUT2D eigenvalue weighted by Crippen LogP contribution is -2.30. The molecule has 0 aromatic carbocycles. The van der Waals surface area contributed by atoms with E-state index in [0.717, 1.165) is 19.0 Å². The predicted molar refractivity (Wildman–Crippen MR) is 77.3 cm³/mol. The molecule has 1 heterocycles. The first-order valence-corrected chi connectivity index (χ1v) is 7.03. The van der Waals surface area contributed by atoms with Gasteiger partial charge < -0.3 is 10.1 Å². The van der Waals surface area contributed by atoms with Crippen LogP contribution >= 0.6 is 11.6 Å². The normalized spacial score (nSPS) is 21.6. The van der Waals surface area contributed by atoms with Gasteiger partial charge in [0.15, 0.2) is 0 Å². The number of nitrogens with one attached hydrogen (secondary N) is 1. The van der Waals surface area contributed by atoms with Crippen molar-refractivity contribution < 1.29 is 14.5 Å². The van der Waals surface area contributed by atoms with Gasteiger partial charge in [0.25, 0.3) is 0 Å². The highest BCUT2D eigenvalue weighted by atomic mass is 35.5. The van der Waals surface area contributed by atoms with Crippen LogP contribution in [0.15, 0.2) is 12.3 Å². The molecule has 8 heteroatoms. The molecule has 1 aliphatic carbocycles. The van der Waals surface area contributed by atoms with E-state index in [1.807, 2.05) is 0 Å². The second-order valence-electron chi connectivity index (χ2n) is 5.00. The van der Waals surface area contributed by atoms with Crippen LogP contribution in [0, 0.1) is 16.0 Å². The molecule has 21 heavy (non-hydrogen) atoms. The van der Waals surface area contributed by atoms with Crippen molar-refractivity contribution in [2.75, 3.05) is 12.4 Å². The second-order valence-corrected chi connectivity index (χ2v) is 5.38. The number of pyridine rings is 1. The monoisotopic (exact) mass is 313 g/mol. The lowest BCUT2D eigenvalue weighted by Gasteiger charge is -2.28. The van der Waals surface area contributed by atoms with Crippen molar-refractivity contribution in [1.29, 1.82) is 0 Å². The summed E-state index contributed by atoms with van der Waals surface area (Å²) in [6, 6.07) is 1.52. The maximum atomic E-state index is 11.5. The van der Waals surface area contributed by atoms with Crippen LogP contribution in [0.3, 0.4) is 0 Å². The van der Waals surface area contributed by atoms with Crippen LogP contribution in [-0.4, -0.2) is 29.0 Å². The SMILES string of the molecule is COC(=O)[C@H]1CC[C@@H](Nc2cc(Cl)ncc2[N+](=O)[O-])CC1. The molecule has 0 spiro atoms. The van der Waals surface area contributed by atoms with Gasteiger partial charge in [0.1, 0.15) is 17.0 Å². The fourth-order valence-corrected chi connectivity index (χ4v) is 2.70. The fourth-order valence-electron chi connectivity index (χ4n) is 2.54. The number of nitrogens with zero attached hydrogens (tertiary/aromatic N) is 2. The van der Waals surface area contributed by atoms with Crippen LogP contribution < -0.4 is 5.32 Å². The van der Waals surface area contributed by atoms with Crippen LogP contribution in [0.2, 0.25) is 5.15 Å². The number of methoxy groups -OCH3 is 1. The van der Waals surface area contributed by atoms with Gasteiger partial charge in [-0.2, -0.15) is 0 Å². The summed E-state index contributed by atoms with van der Waals surface area (Å²) < 4.78 is 4.74. The smallest absolute Gasteiger partial charge is 0.310 e. The van der Waals surface area contributed by atoms with Gasteiger partial charge in [-0.3, -0.25) is 14.9 Å². The molecule has 2 rings (SSSR count). The third-order valence-electron chi connectivity index (χ3n) is 3.67.